The minimum absolute atomic E-state index is 0.371. The molecule has 0 aromatic heterocycles. The summed E-state index contributed by atoms with van der Waals surface area (Å²) in [6.07, 6.45) is 1.14. The molecule has 0 nitrogen and oxygen atoms in total. The molecular weight excluding hydrogens is 224 g/mol. The first kappa shape index (κ1) is 11.3. The van der Waals surface area contributed by atoms with Gasteiger partial charge in [0.1, 0.15) is 0 Å². The summed E-state index contributed by atoms with van der Waals surface area (Å²) in [5, 5.41) is 0.371. The van der Waals surface area contributed by atoms with Crippen molar-refractivity contribution in [2.75, 3.05) is 11.5 Å². The standard InChI is InChI=1S/C13H17ClS/c1-9-3-10(2)5-11(4-9)6-12-7-15-8-13(12)14/h3-5,12-13H,6-8H2,1-2H3. The molecule has 2 heteroatoms. The van der Waals surface area contributed by atoms with E-state index in [0.29, 0.717) is 11.3 Å². The van der Waals surface area contributed by atoms with Gasteiger partial charge in [0.15, 0.2) is 0 Å². The lowest BCUT2D eigenvalue weighted by molar-refractivity contribution is 0.603. The number of aryl methyl sites for hydroxylation is 2. The Morgan fingerprint density at radius 1 is 1.20 bits per heavy atom. The summed E-state index contributed by atoms with van der Waals surface area (Å²) in [6, 6.07) is 6.81. The maximum atomic E-state index is 6.29. The molecule has 2 rings (SSSR count). The number of alkyl halides is 1. The van der Waals surface area contributed by atoms with Crippen molar-refractivity contribution in [1.82, 2.24) is 0 Å². The Hall–Kier alpha value is -0.140. The summed E-state index contributed by atoms with van der Waals surface area (Å²) in [5.74, 6) is 3.01. The molecule has 1 aliphatic heterocycles. The van der Waals surface area contributed by atoms with E-state index < -0.39 is 0 Å². The van der Waals surface area contributed by atoms with Crippen LogP contribution in [0.1, 0.15) is 16.7 Å². The number of rotatable bonds is 2. The van der Waals surface area contributed by atoms with E-state index in [9.17, 15) is 0 Å². The second kappa shape index (κ2) is 4.80. The largest absolute Gasteiger partial charge is 0.160 e. The molecule has 1 aromatic rings. The lowest BCUT2D eigenvalue weighted by Crippen LogP contribution is -2.14. The molecular formula is C13H17ClS. The number of hydrogen-bond acceptors (Lipinski definition) is 1. The molecule has 0 radical (unpaired) electrons. The predicted molar refractivity (Wildman–Crippen MR) is 70.1 cm³/mol. The molecule has 1 aromatic carbocycles. The molecule has 0 amide bonds. The molecule has 0 spiro atoms. The Balaban J connectivity index is 2.10. The van der Waals surface area contributed by atoms with Gasteiger partial charge in [-0.15, -0.1) is 11.6 Å². The Morgan fingerprint density at radius 3 is 2.40 bits per heavy atom. The van der Waals surface area contributed by atoms with E-state index >= 15 is 0 Å². The van der Waals surface area contributed by atoms with E-state index in [4.69, 9.17) is 11.6 Å². The maximum Gasteiger partial charge on any atom is 0.0465 e. The summed E-state index contributed by atoms with van der Waals surface area (Å²) in [4.78, 5) is 0. The predicted octanol–water partition coefficient (Wildman–Crippen LogP) is 3.82. The fourth-order valence-electron chi connectivity index (χ4n) is 2.25. The number of hydrogen-bond donors (Lipinski definition) is 0. The maximum absolute atomic E-state index is 6.29. The molecule has 0 saturated carbocycles. The van der Waals surface area contributed by atoms with E-state index in [0.717, 1.165) is 12.2 Å². The van der Waals surface area contributed by atoms with Crippen LogP contribution < -0.4 is 0 Å². The Labute approximate surface area is 101 Å². The first-order valence-electron chi connectivity index (χ1n) is 5.44. The van der Waals surface area contributed by atoms with Crippen molar-refractivity contribution in [3.05, 3.63) is 34.9 Å². The average Bonchev–Trinajstić information content (AvgIpc) is 2.50. The van der Waals surface area contributed by atoms with E-state index in [-0.39, 0.29) is 0 Å². The molecule has 0 N–H and O–H groups in total. The molecule has 1 aliphatic rings. The van der Waals surface area contributed by atoms with Crippen LogP contribution >= 0.6 is 23.4 Å². The smallest absolute Gasteiger partial charge is 0.0465 e. The van der Waals surface area contributed by atoms with Gasteiger partial charge in [-0.25, -0.2) is 0 Å². The molecule has 1 heterocycles. The van der Waals surface area contributed by atoms with Gasteiger partial charge in [0.2, 0.25) is 0 Å². The van der Waals surface area contributed by atoms with Gasteiger partial charge in [-0.3, -0.25) is 0 Å². The van der Waals surface area contributed by atoms with Crippen molar-refractivity contribution >= 4 is 23.4 Å². The number of halogens is 1. The fourth-order valence-corrected chi connectivity index (χ4v) is 4.09. The second-order valence-corrected chi connectivity index (χ2v) is 6.15. The van der Waals surface area contributed by atoms with Crippen LogP contribution in [-0.2, 0) is 6.42 Å². The number of benzene rings is 1. The summed E-state index contributed by atoms with van der Waals surface area (Å²) in [6.45, 7) is 4.33. The van der Waals surface area contributed by atoms with Gasteiger partial charge in [-0.1, -0.05) is 29.3 Å². The van der Waals surface area contributed by atoms with Crippen LogP contribution in [0, 0.1) is 19.8 Å². The normalized spacial score (nSPS) is 25.8. The molecule has 2 atom stereocenters. The van der Waals surface area contributed by atoms with Crippen molar-refractivity contribution < 1.29 is 0 Å². The third-order valence-corrected chi connectivity index (χ3v) is 4.85. The highest BCUT2D eigenvalue weighted by molar-refractivity contribution is 7.99. The van der Waals surface area contributed by atoms with Crippen LogP contribution in [0.3, 0.4) is 0 Å². The summed E-state index contributed by atoms with van der Waals surface area (Å²) in [7, 11) is 0. The molecule has 0 aliphatic carbocycles. The minimum atomic E-state index is 0.371. The van der Waals surface area contributed by atoms with Gasteiger partial charge in [0.05, 0.1) is 0 Å². The van der Waals surface area contributed by atoms with E-state index in [1.54, 1.807) is 0 Å². The van der Waals surface area contributed by atoms with Crippen LogP contribution in [0.4, 0.5) is 0 Å². The first-order valence-corrected chi connectivity index (χ1v) is 7.03. The zero-order valence-electron chi connectivity index (χ0n) is 9.29. The van der Waals surface area contributed by atoms with Crippen LogP contribution in [0.25, 0.3) is 0 Å². The highest BCUT2D eigenvalue weighted by Gasteiger charge is 2.25. The summed E-state index contributed by atoms with van der Waals surface area (Å²) >= 11 is 8.27. The molecule has 2 unspecified atom stereocenters. The topological polar surface area (TPSA) is 0 Å². The van der Waals surface area contributed by atoms with Gasteiger partial charge in [-0.2, -0.15) is 11.8 Å². The lowest BCUT2D eigenvalue weighted by Gasteiger charge is -2.13. The highest BCUT2D eigenvalue weighted by Crippen LogP contribution is 2.31. The Bertz CT molecular complexity index is 328. The van der Waals surface area contributed by atoms with Crippen molar-refractivity contribution in [1.29, 1.82) is 0 Å². The Kier molecular flexibility index (Phi) is 3.63. The Morgan fingerprint density at radius 2 is 1.87 bits per heavy atom. The molecule has 1 fully saturated rings. The van der Waals surface area contributed by atoms with Crippen molar-refractivity contribution in [2.24, 2.45) is 5.92 Å². The summed E-state index contributed by atoms with van der Waals surface area (Å²) in [5.41, 5.74) is 4.18. The minimum Gasteiger partial charge on any atom is -0.160 e. The van der Waals surface area contributed by atoms with Crippen LogP contribution in [0.5, 0.6) is 0 Å². The van der Waals surface area contributed by atoms with Crippen LogP contribution in [0.15, 0.2) is 18.2 Å². The quantitative estimate of drug-likeness (QED) is 0.709. The van der Waals surface area contributed by atoms with Crippen LogP contribution in [0.2, 0.25) is 0 Å². The van der Waals surface area contributed by atoms with Gasteiger partial charge in [0, 0.05) is 11.1 Å². The second-order valence-electron chi connectivity index (χ2n) is 4.51. The van der Waals surface area contributed by atoms with Crippen LogP contribution in [-0.4, -0.2) is 16.9 Å². The van der Waals surface area contributed by atoms with Gasteiger partial charge in [0.25, 0.3) is 0 Å². The van der Waals surface area contributed by atoms with Crippen molar-refractivity contribution in [3.63, 3.8) is 0 Å². The fraction of sp³-hybridized carbons (Fsp3) is 0.538. The molecule has 15 heavy (non-hydrogen) atoms. The van der Waals surface area contributed by atoms with E-state index in [1.807, 2.05) is 11.8 Å². The van der Waals surface area contributed by atoms with Gasteiger partial charge in [-0.05, 0) is 37.5 Å². The summed E-state index contributed by atoms with van der Waals surface area (Å²) < 4.78 is 0. The third kappa shape index (κ3) is 2.92. The van der Waals surface area contributed by atoms with E-state index in [2.05, 4.69) is 32.0 Å². The molecule has 0 bridgehead atoms. The average molecular weight is 241 g/mol. The third-order valence-electron chi connectivity index (χ3n) is 2.90. The highest BCUT2D eigenvalue weighted by atomic mass is 35.5. The molecule has 82 valence electrons. The SMILES string of the molecule is Cc1cc(C)cc(CC2CSCC2Cl)c1. The van der Waals surface area contributed by atoms with E-state index in [1.165, 1.54) is 22.4 Å². The zero-order valence-corrected chi connectivity index (χ0v) is 10.9. The van der Waals surface area contributed by atoms with Crippen molar-refractivity contribution in [2.45, 2.75) is 25.6 Å². The first-order chi connectivity index (χ1) is 7.15. The van der Waals surface area contributed by atoms with Gasteiger partial charge >= 0.3 is 0 Å². The lowest BCUT2D eigenvalue weighted by atomic mass is 9.96. The zero-order chi connectivity index (χ0) is 10.8. The van der Waals surface area contributed by atoms with Gasteiger partial charge < -0.3 is 0 Å². The number of thioether (sulfide) groups is 1. The molecule has 1 saturated heterocycles. The monoisotopic (exact) mass is 240 g/mol. The van der Waals surface area contributed by atoms with Crippen molar-refractivity contribution in [3.8, 4) is 0 Å².